The molecule has 3 unspecified atom stereocenters. The van der Waals surface area contributed by atoms with Crippen molar-refractivity contribution in [3.8, 4) is 0 Å². The topological polar surface area (TPSA) is 67.4 Å². The van der Waals surface area contributed by atoms with Gasteiger partial charge in [0.05, 0.1) is 5.41 Å². The summed E-state index contributed by atoms with van der Waals surface area (Å²) < 4.78 is 6.30. The summed E-state index contributed by atoms with van der Waals surface area (Å²) in [6.45, 7) is 22.8. The van der Waals surface area contributed by atoms with Gasteiger partial charge < -0.3 is 15.4 Å². The highest BCUT2D eigenvalue weighted by molar-refractivity contribution is 5.80. The summed E-state index contributed by atoms with van der Waals surface area (Å²) in [5, 5.41) is 6.55. The third kappa shape index (κ3) is 7.44. The molecular formula is C28H54N2O3. The first-order valence-corrected chi connectivity index (χ1v) is 13.4. The van der Waals surface area contributed by atoms with E-state index in [1.807, 2.05) is 13.8 Å². The maximum absolute atomic E-state index is 13.8. The number of esters is 1. The van der Waals surface area contributed by atoms with E-state index in [1.165, 1.54) is 0 Å². The summed E-state index contributed by atoms with van der Waals surface area (Å²) in [6.07, 6.45) is 8.74. The predicted molar refractivity (Wildman–Crippen MR) is 138 cm³/mol. The van der Waals surface area contributed by atoms with Crippen molar-refractivity contribution in [2.75, 3.05) is 13.1 Å². The maximum Gasteiger partial charge on any atom is 0.313 e. The second-order valence-corrected chi connectivity index (χ2v) is 12.2. The lowest BCUT2D eigenvalue weighted by molar-refractivity contribution is -0.200. The molecular weight excluding hydrogens is 412 g/mol. The number of hydrogen-bond donors (Lipinski definition) is 2. The summed E-state index contributed by atoms with van der Waals surface area (Å²) in [5.41, 5.74) is -0.762. The third-order valence-electron chi connectivity index (χ3n) is 9.34. The van der Waals surface area contributed by atoms with Gasteiger partial charge in [0, 0.05) is 19.0 Å². The number of hydrogen-bond acceptors (Lipinski definition) is 4. The zero-order chi connectivity index (χ0) is 25.6. The molecule has 0 radical (unpaired) electrons. The predicted octanol–water partition coefficient (Wildman–Crippen LogP) is 6.40. The van der Waals surface area contributed by atoms with E-state index >= 15 is 0 Å². The molecule has 5 nitrogen and oxygen atoms in total. The number of ether oxygens (including phenoxy) is 1. The molecule has 0 aromatic carbocycles. The van der Waals surface area contributed by atoms with E-state index in [1.54, 1.807) is 6.92 Å². The monoisotopic (exact) mass is 466 g/mol. The molecule has 0 saturated heterocycles. The van der Waals surface area contributed by atoms with Crippen LogP contribution in [-0.4, -0.2) is 36.1 Å². The van der Waals surface area contributed by atoms with Crippen molar-refractivity contribution in [3.63, 3.8) is 0 Å². The zero-order valence-corrected chi connectivity index (χ0v) is 23.5. The fourth-order valence-electron chi connectivity index (χ4n) is 5.29. The lowest BCUT2D eigenvalue weighted by atomic mass is 9.45. The molecule has 1 saturated carbocycles. The van der Waals surface area contributed by atoms with E-state index in [-0.39, 0.29) is 33.7 Å². The summed E-state index contributed by atoms with van der Waals surface area (Å²) in [6, 6.07) is 0. The van der Waals surface area contributed by atoms with Gasteiger partial charge >= 0.3 is 5.97 Å². The quantitative estimate of drug-likeness (QED) is 0.274. The summed E-state index contributed by atoms with van der Waals surface area (Å²) >= 11 is 0. The highest BCUT2D eigenvalue weighted by Gasteiger charge is 2.62. The molecule has 1 amide bonds. The van der Waals surface area contributed by atoms with Crippen LogP contribution in [0.2, 0.25) is 0 Å². The van der Waals surface area contributed by atoms with E-state index in [4.69, 9.17) is 4.74 Å². The van der Waals surface area contributed by atoms with E-state index in [0.717, 1.165) is 64.3 Å². The molecule has 1 rings (SSSR count). The fraction of sp³-hybridized carbons (Fsp3) is 0.929. The smallest absolute Gasteiger partial charge is 0.313 e. The Hall–Kier alpha value is -1.10. The van der Waals surface area contributed by atoms with Gasteiger partial charge in [-0.1, -0.05) is 54.4 Å². The van der Waals surface area contributed by atoms with Gasteiger partial charge in [-0.2, -0.15) is 0 Å². The van der Waals surface area contributed by atoms with Crippen LogP contribution in [0.25, 0.3) is 0 Å². The SMILES string of the molecule is CCC(C)(CC)CC1(C(=O)OC(C)(C)CCNC(C)(CC)CCNC(C)=O)CCC1(C)CC. The molecule has 33 heavy (non-hydrogen) atoms. The van der Waals surface area contributed by atoms with Crippen LogP contribution in [0.4, 0.5) is 0 Å². The van der Waals surface area contributed by atoms with Crippen molar-refractivity contribution >= 4 is 11.9 Å². The Morgan fingerprint density at radius 2 is 1.52 bits per heavy atom. The van der Waals surface area contributed by atoms with E-state index in [9.17, 15) is 9.59 Å². The van der Waals surface area contributed by atoms with Gasteiger partial charge in [-0.05, 0) is 83.1 Å². The Morgan fingerprint density at radius 1 is 0.909 bits per heavy atom. The van der Waals surface area contributed by atoms with E-state index in [2.05, 4.69) is 59.1 Å². The van der Waals surface area contributed by atoms with Crippen molar-refractivity contribution in [1.82, 2.24) is 10.6 Å². The lowest BCUT2D eigenvalue weighted by Gasteiger charge is -2.59. The molecule has 2 N–H and O–H groups in total. The molecule has 0 spiro atoms. The second-order valence-electron chi connectivity index (χ2n) is 12.2. The van der Waals surface area contributed by atoms with Crippen LogP contribution in [-0.2, 0) is 14.3 Å². The van der Waals surface area contributed by atoms with Gasteiger partial charge in [0.25, 0.3) is 0 Å². The Kier molecular flexibility index (Phi) is 10.5. The molecule has 1 fully saturated rings. The van der Waals surface area contributed by atoms with Crippen molar-refractivity contribution in [3.05, 3.63) is 0 Å². The highest BCUT2D eigenvalue weighted by atomic mass is 16.6. The summed E-state index contributed by atoms with van der Waals surface area (Å²) in [7, 11) is 0. The minimum Gasteiger partial charge on any atom is -0.459 e. The molecule has 0 heterocycles. The fourth-order valence-corrected chi connectivity index (χ4v) is 5.29. The average Bonchev–Trinajstić information content (AvgIpc) is 2.74. The van der Waals surface area contributed by atoms with Crippen molar-refractivity contribution in [1.29, 1.82) is 0 Å². The lowest BCUT2D eigenvalue weighted by Crippen LogP contribution is -2.58. The maximum atomic E-state index is 13.8. The molecule has 0 aliphatic heterocycles. The van der Waals surface area contributed by atoms with Gasteiger partial charge in [0.2, 0.25) is 5.91 Å². The molecule has 3 atom stereocenters. The van der Waals surface area contributed by atoms with Crippen LogP contribution >= 0.6 is 0 Å². The minimum atomic E-state index is -0.525. The van der Waals surface area contributed by atoms with Gasteiger partial charge in [0.1, 0.15) is 5.60 Å². The first-order chi connectivity index (χ1) is 15.2. The van der Waals surface area contributed by atoms with E-state index < -0.39 is 5.60 Å². The van der Waals surface area contributed by atoms with Crippen LogP contribution in [0.5, 0.6) is 0 Å². The normalized spacial score (nSPS) is 25.2. The Bertz CT molecular complexity index is 654. The number of carbonyl (C=O) groups excluding carboxylic acids is 2. The molecule has 1 aliphatic rings. The number of carbonyl (C=O) groups is 2. The summed E-state index contributed by atoms with van der Waals surface area (Å²) in [5.74, 6) is 0.0212. The second kappa shape index (κ2) is 11.6. The van der Waals surface area contributed by atoms with Crippen LogP contribution in [0.3, 0.4) is 0 Å². The largest absolute Gasteiger partial charge is 0.459 e. The highest BCUT2D eigenvalue weighted by Crippen LogP contribution is 2.64. The van der Waals surface area contributed by atoms with Crippen LogP contribution in [0.1, 0.15) is 127 Å². The molecule has 0 aromatic rings. The van der Waals surface area contributed by atoms with Crippen molar-refractivity contribution in [2.24, 2.45) is 16.2 Å². The number of nitrogens with one attached hydrogen (secondary N) is 2. The third-order valence-corrected chi connectivity index (χ3v) is 9.34. The standard InChI is InChI=1S/C28H54N2O3/c1-11-25(8,12-2)21-28(16-15-26(28,9)13-3)23(32)33-24(6,7)17-20-30-27(10,14-4)18-19-29-22(5)31/h30H,11-21H2,1-10H3,(H,29,31). The van der Waals surface area contributed by atoms with Crippen LogP contribution < -0.4 is 10.6 Å². The first kappa shape index (κ1) is 29.9. The first-order valence-electron chi connectivity index (χ1n) is 13.4. The van der Waals surface area contributed by atoms with Gasteiger partial charge in [0.15, 0.2) is 0 Å². The molecule has 0 aromatic heterocycles. The van der Waals surface area contributed by atoms with Gasteiger partial charge in [-0.3, -0.25) is 9.59 Å². The van der Waals surface area contributed by atoms with E-state index in [0.29, 0.717) is 6.54 Å². The average molecular weight is 467 g/mol. The Morgan fingerprint density at radius 3 is 1.94 bits per heavy atom. The van der Waals surface area contributed by atoms with Crippen LogP contribution in [0.15, 0.2) is 0 Å². The molecule has 1 aliphatic carbocycles. The number of rotatable bonds is 15. The van der Waals surface area contributed by atoms with Crippen LogP contribution in [0, 0.1) is 16.2 Å². The number of amides is 1. The van der Waals surface area contributed by atoms with Gasteiger partial charge in [-0.25, -0.2) is 0 Å². The summed E-state index contributed by atoms with van der Waals surface area (Å²) in [4.78, 5) is 25.0. The molecule has 0 bridgehead atoms. The Balaban J connectivity index is 2.84. The van der Waals surface area contributed by atoms with Crippen molar-refractivity contribution < 1.29 is 14.3 Å². The Labute approximate surface area is 204 Å². The minimum absolute atomic E-state index is 0.00717. The van der Waals surface area contributed by atoms with Crippen molar-refractivity contribution in [2.45, 2.75) is 138 Å². The van der Waals surface area contributed by atoms with Gasteiger partial charge in [-0.15, -0.1) is 0 Å². The zero-order valence-electron chi connectivity index (χ0n) is 23.5. The molecule has 5 heteroatoms. The molecule has 194 valence electrons.